The second-order valence-corrected chi connectivity index (χ2v) is 9.01. The summed E-state index contributed by atoms with van der Waals surface area (Å²) in [7, 11) is 1.77. The van der Waals surface area contributed by atoms with Crippen molar-refractivity contribution >= 4 is 16.9 Å². The van der Waals surface area contributed by atoms with Gasteiger partial charge >= 0.3 is 5.63 Å². The number of rotatable bonds is 4. The van der Waals surface area contributed by atoms with Crippen molar-refractivity contribution in [3.8, 4) is 5.75 Å². The van der Waals surface area contributed by atoms with E-state index in [2.05, 4.69) is 0 Å². The zero-order valence-electron chi connectivity index (χ0n) is 17.7. The quantitative estimate of drug-likeness (QED) is 0.722. The van der Waals surface area contributed by atoms with E-state index < -0.39 is 6.10 Å². The molecule has 1 saturated heterocycles. The van der Waals surface area contributed by atoms with Crippen molar-refractivity contribution in [3.63, 3.8) is 0 Å². The number of amides is 1. The van der Waals surface area contributed by atoms with Crippen LogP contribution in [0.25, 0.3) is 11.0 Å². The average molecular weight is 411 g/mol. The van der Waals surface area contributed by atoms with Crippen molar-refractivity contribution in [2.75, 3.05) is 20.2 Å². The van der Waals surface area contributed by atoms with Gasteiger partial charge in [-0.1, -0.05) is 0 Å². The Labute approximate surface area is 176 Å². The number of aryl methyl sites for hydroxylation is 1. The maximum atomic E-state index is 13.0. The summed E-state index contributed by atoms with van der Waals surface area (Å²) in [6, 6.07) is 5.58. The first kappa shape index (κ1) is 19.6. The van der Waals surface area contributed by atoms with Gasteiger partial charge in [0.2, 0.25) is 0 Å². The van der Waals surface area contributed by atoms with Crippen molar-refractivity contribution in [3.05, 3.63) is 39.7 Å². The molecule has 0 spiro atoms. The number of methoxy groups -OCH3 is 1. The maximum Gasteiger partial charge on any atom is 0.339 e. The highest BCUT2D eigenvalue weighted by Crippen LogP contribution is 2.39. The Morgan fingerprint density at radius 2 is 1.83 bits per heavy atom. The molecule has 0 N–H and O–H groups in total. The normalized spacial score (nSPS) is 26.5. The van der Waals surface area contributed by atoms with Gasteiger partial charge in [0.15, 0.2) is 6.10 Å². The molecule has 2 aliphatic carbocycles. The summed E-state index contributed by atoms with van der Waals surface area (Å²) in [5.41, 5.74) is 2.23. The van der Waals surface area contributed by atoms with E-state index in [1.807, 2.05) is 17.0 Å². The van der Waals surface area contributed by atoms with E-state index in [0.29, 0.717) is 23.2 Å². The number of fused-ring (bicyclic) bond motifs is 5. The summed E-state index contributed by atoms with van der Waals surface area (Å²) in [5.74, 6) is 1.41. The maximum absolute atomic E-state index is 13.0. The van der Waals surface area contributed by atoms with Crippen LogP contribution in [0, 0.1) is 11.8 Å². The van der Waals surface area contributed by atoms with Crippen molar-refractivity contribution in [2.45, 2.75) is 57.7 Å². The smallest absolute Gasteiger partial charge is 0.339 e. The number of likely N-dealkylation sites (tertiary alicyclic amines) is 1. The lowest BCUT2D eigenvalue weighted by Crippen LogP contribution is -2.51. The van der Waals surface area contributed by atoms with Crippen LogP contribution in [-0.2, 0) is 22.4 Å². The summed E-state index contributed by atoms with van der Waals surface area (Å²) >= 11 is 0. The Morgan fingerprint density at radius 1 is 1.13 bits per heavy atom. The van der Waals surface area contributed by atoms with Gasteiger partial charge in [-0.15, -0.1) is 0 Å². The Morgan fingerprint density at radius 3 is 2.53 bits per heavy atom. The summed E-state index contributed by atoms with van der Waals surface area (Å²) in [4.78, 5) is 27.3. The standard InChI is InChI=1S/C24H29NO5/c1-14(23(26)25-12-15-7-8-16(13-25)22(15)28-2)29-17-9-10-19-18-5-3-4-6-20(18)24(27)30-21(19)11-17/h9-11,14-16,22H,3-8,12-13H2,1-2H3/t14?,15-,16+,22?. The Bertz CT molecular complexity index is 1010. The lowest BCUT2D eigenvalue weighted by Gasteiger charge is -2.38. The highest BCUT2D eigenvalue weighted by atomic mass is 16.5. The second kappa shape index (κ2) is 7.73. The van der Waals surface area contributed by atoms with Gasteiger partial charge in [-0.3, -0.25) is 4.79 Å². The van der Waals surface area contributed by atoms with Crippen molar-refractivity contribution in [1.29, 1.82) is 0 Å². The molecule has 1 aliphatic heterocycles. The molecule has 1 aromatic heterocycles. The Kier molecular flexibility index (Phi) is 5.05. The van der Waals surface area contributed by atoms with Crippen LogP contribution in [0.5, 0.6) is 5.75 Å². The molecule has 6 nitrogen and oxygen atoms in total. The minimum Gasteiger partial charge on any atom is -0.481 e. The van der Waals surface area contributed by atoms with Crippen molar-refractivity contribution in [2.24, 2.45) is 11.8 Å². The molecule has 2 heterocycles. The first-order valence-electron chi connectivity index (χ1n) is 11.1. The van der Waals surface area contributed by atoms with E-state index in [0.717, 1.165) is 68.1 Å². The lowest BCUT2D eigenvalue weighted by atomic mass is 9.91. The van der Waals surface area contributed by atoms with Gasteiger partial charge in [0.25, 0.3) is 5.91 Å². The monoisotopic (exact) mass is 411 g/mol. The van der Waals surface area contributed by atoms with E-state index in [1.165, 1.54) is 0 Å². The van der Waals surface area contributed by atoms with Gasteiger partial charge < -0.3 is 18.8 Å². The molecule has 3 aliphatic rings. The van der Waals surface area contributed by atoms with E-state index in [-0.39, 0.29) is 17.6 Å². The van der Waals surface area contributed by atoms with Crippen LogP contribution in [0.4, 0.5) is 0 Å². The van der Waals surface area contributed by atoms with Gasteiger partial charge in [0.05, 0.1) is 6.10 Å². The van der Waals surface area contributed by atoms with Gasteiger partial charge in [-0.05, 0) is 63.1 Å². The highest BCUT2D eigenvalue weighted by molar-refractivity contribution is 5.84. The Balaban J connectivity index is 1.33. The third-order valence-corrected chi connectivity index (χ3v) is 7.19. The third-order valence-electron chi connectivity index (χ3n) is 7.19. The molecule has 30 heavy (non-hydrogen) atoms. The van der Waals surface area contributed by atoms with Crippen LogP contribution in [0.3, 0.4) is 0 Å². The predicted molar refractivity (Wildman–Crippen MR) is 113 cm³/mol. The van der Waals surface area contributed by atoms with Gasteiger partial charge in [0.1, 0.15) is 11.3 Å². The molecule has 5 rings (SSSR count). The molecule has 2 fully saturated rings. The molecule has 6 heteroatoms. The minimum absolute atomic E-state index is 0.00782. The number of hydrogen-bond donors (Lipinski definition) is 0. The number of hydrogen-bond acceptors (Lipinski definition) is 5. The topological polar surface area (TPSA) is 69.0 Å². The number of ether oxygens (including phenoxy) is 2. The molecule has 160 valence electrons. The van der Waals surface area contributed by atoms with Gasteiger partial charge in [-0.25, -0.2) is 4.79 Å². The number of benzene rings is 1. The fourth-order valence-corrected chi connectivity index (χ4v) is 5.75. The molecule has 1 amide bonds. The molecule has 1 saturated carbocycles. The van der Waals surface area contributed by atoms with Crippen molar-refractivity contribution < 1.29 is 18.7 Å². The number of carbonyl (C=O) groups excluding carboxylic acids is 1. The van der Waals surface area contributed by atoms with Crippen LogP contribution in [0.15, 0.2) is 27.4 Å². The van der Waals surface area contributed by atoms with Gasteiger partial charge in [0, 0.05) is 49.1 Å². The van der Waals surface area contributed by atoms with Crippen LogP contribution in [-0.4, -0.2) is 43.2 Å². The summed E-state index contributed by atoms with van der Waals surface area (Å²) in [5, 5.41) is 0.980. The zero-order valence-corrected chi connectivity index (χ0v) is 17.7. The largest absolute Gasteiger partial charge is 0.481 e. The summed E-state index contributed by atoms with van der Waals surface area (Å²) in [6.07, 6.45) is 5.76. The van der Waals surface area contributed by atoms with Crippen LogP contribution >= 0.6 is 0 Å². The zero-order chi connectivity index (χ0) is 20.8. The molecule has 4 atom stereocenters. The fraction of sp³-hybridized carbons (Fsp3) is 0.583. The summed E-state index contributed by atoms with van der Waals surface area (Å²) in [6.45, 7) is 3.26. The molecule has 1 aromatic carbocycles. The van der Waals surface area contributed by atoms with E-state index in [9.17, 15) is 9.59 Å². The van der Waals surface area contributed by atoms with E-state index in [1.54, 1.807) is 20.1 Å². The predicted octanol–water partition coefficient (Wildman–Crippen LogP) is 3.32. The number of carbonyl (C=O) groups is 1. The summed E-state index contributed by atoms with van der Waals surface area (Å²) < 4.78 is 17.2. The average Bonchev–Trinajstić information content (AvgIpc) is 3.00. The van der Waals surface area contributed by atoms with Gasteiger partial charge in [-0.2, -0.15) is 0 Å². The van der Waals surface area contributed by atoms with E-state index in [4.69, 9.17) is 13.9 Å². The first-order valence-corrected chi connectivity index (χ1v) is 11.1. The molecule has 2 unspecified atom stereocenters. The molecular formula is C24H29NO5. The van der Waals surface area contributed by atoms with E-state index >= 15 is 0 Å². The first-order chi connectivity index (χ1) is 14.5. The molecular weight excluding hydrogens is 382 g/mol. The second-order valence-electron chi connectivity index (χ2n) is 9.01. The number of nitrogens with zero attached hydrogens (tertiary/aromatic N) is 1. The fourth-order valence-electron chi connectivity index (χ4n) is 5.75. The third kappa shape index (κ3) is 3.31. The molecule has 2 aromatic rings. The highest BCUT2D eigenvalue weighted by Gasteiger charge is 2.44. The SMILES string of the molecule is COC1[C@@H]2CC[C@H]1CN(C(=O)C(C)Oc1ccc3c4c(c(=O)oc3c1)CCCC4)C2. The lowest BCUT2D eigenvalue weighted by molar-refractivity contribution is -0.143. The van der Waals surface area contributed by atoms with Crippen molar-refractivity contribution in [1.82, 2.24) is 4.90 Å². The molecule has 2 bridgehead atoms. The minimum atomic E-state index is -0.592. The Hall–Kier alpha value is -2.34. The van der Waals surface area contributed by atoms with Crippen LogP contribution in [0.2, 0.25) is 0 Å². The van der Waals surface area contributed by atoms with Crippen LogP contribution in [0.1, 0.15) is 43.7 Å². The molecule has 0 radical (unpaired) electrons. The van der Waals surface area contributed by atoms with Crippen LogP contribution < -0.4 is 10.4 Å². The number of piperidine rings is 1.